The average Bonchev–Trinajstić information content (AvgIpc) is 2.59. The van der Waals surface area contributed by atoms with Crippen LogP contribution in [-0.4, -0.2) is 42.6 Å². The number of hydrogen-bond donors (Lipinski definition) is 0. The van der Waals surface area contributed by atoms with E-state index in [0.29, 0.717) is 0 Å². The second kappa shape index (κ2) is 7.59. The lowest BCUT2D eigenvalue weighted by Gasteiger charge is -2.29. The lowest BCUT2D eigenvalue weighted by molar-refractivity contribution is 0.227. The SMILES string of the molecule is CCN(CCCN1CCCCC1)c1ccnc2ccccc12. The molecule has 0 spiro atoms. The van der Waals surface area contributed by atoms with E-state index in [1.807, 2.05) is 6.20 Å². The Bertz CT molecular complexity index is 585. The van der Waals surface area contributed by atoms with Crippen molar-refractivity contribution >= 4 is 16.6 Å². The minimum atomic E-state index is 1.05. The van der Waals surface area contributed by atoms with E-state index in [9.17, 15) is 0 Å². The van der Waals surface area contributed by atoms with Crippen LogP contribution in [0.1, 0.15) is 32.6 Å². The van der Waals surface area contributed by atoms with Crippen LogP contribution < -0.4 is 4.90 Å². The van der Waals surface area contributed by atoms with Crippen LogP contribution in [0.5, 0.6) is 0 Å². The summed E-state index contributed by atoms with van der Waals surface area (Å²) in [5.74, 6) is 0. The average molecular weight is 297 g/mol. The predicted molar refractivity (Wildman–Crippen MR) is 94.5 cm³/mol. The first kappa shape index (κ1) is 15.3. The van der Waals surface area contributed by atoms with E-state index in [4.69, 9.17) is 0 Å². The molecule has 1 aliphatic heterocycles. The summed E-state index contributed by atoms with van der Waals surface area (Å²) in [7, 11) is 0. The van der Waals surface area contributed by atoms with Gasteiger partial charge in [-0.3, -0.25) is 4.98 Å². The van der Waals surface area contributed by atoms with Crippen LogP contribution in [0.3, 0.4) is 0 Å². The summed E-state index contributed by atoms with van der Waals surface area (Å²) in [6, 6.07) is 10.6. The van der Waals surface area contributed by atoms with Crippen molar-refractivity contribution in [2.24, 2.45) is 0 Å². The summed E-state index contributed by atoms with van der Waals surface area (Å²) in [6.07, 6.45) is 7.36. The molecule has 22 heavy (non-hydrogen) atoms. The van der Waals surface area contributed by atoms with E-state index < -0.39 is 0 Å². The maximum atomic E-state index is 4.48. The molecule has 3 rings (SSSR count). The molecule has 3 heteroatoms. The number of piperidine rings is 1. The highest BCUT2D eigenvalue weighted by Crippen LogP contribution is 2.25. The Hall–Kier alpha value is -1.61. The van der Waals surface area contributed by atoms with Crippen molar-refractivity contribution in [3.63, 3.8) is 0 Å². The number of likely N-dealkylation sites (tertiary alicyclic amines) is 1. The number of benzene rings is 1. The smallest absolute Gasteiger partial charge is 0.0722 e. The van der Waals surface area contributed by atoms with Gasteiger partial charge in [-0.05, 0) is 58.0 Å². The molecule has 1 aromatic carbocycles. The molecule has 1 fully saturated rings. The minimum absolute atomic E-state index is 1.05. The molecule has 2 heterocycles. The molecule has 0 aliphatic carbocycles. The van der Waals surface area contributed by atoms with Gasteiger partial charge in [-0.15, -0.1) is 0 Å². The van der Waals surface area contributed by atoms with Gasteiger partial charge in [0.2, 0.25) is 0 Å². The van der Waals surface area contributed by atoms with Gasteiger partial charge in [0.1, 0.15) is 0 Å². The van der Waals surface area contributed by atoms with Crippen molar-refractivity contribution in [1.29, 1.82) is 0 Å². The highest BCUT2D eigenvalue weighted by atomic mass is 15.1. The van der Waals surface area contributed by atoms with Gasteiger partial charge in [0, 0.05) is 30.4 Å². The van der Waals surface area contributed by atoms with Crippen molar-refractivity contribution in [2.75, 3.05) is 37.6 Å². The molecule has 118 valence electrons. The number of nitrogens with zero attached hydrogens (tertiary/aromatic N) is 3. The van der Waals surface area contributed by atoms with Crippen LogP contribution >= 0.6 is 0 Å². The Balaban J connectivity index is 1.65. The normalized spacial score (nSPS) is 16.0. The fourth-order valence-electron chi connectivity index (χ4n) is 3.47. The second-order valence-electron chi connectivity index (χ2n) is 6.18. The number of para-hydroxylation sites is 1. The highest BCUT2D eigenvalue weighted by molar-refractivity contribution is 5.91. The molecule has 0 N–H and O–H groups in total. The van der Waals surface area contributed by atoms with Gasteiger partial charge in [-0.25, -0.2) is 0 Å². The maximum Gasteiger partial charge on any atom is 0.0722 e. The molecule has 0 unspecified atom stereocenters. The van der Waals surface area contributed by atoms with Crippen LogP contribution in [-0.2, 0) is 0 Å². The van der Waals surface area contributed by atoms with Gasteiger partial charge in [0.15, 0.2) is 0 Å². The van der Waals surface area contributed by atoms with Crippen LogP contribution in [0, 0.1) is 0 Å². The fourth-order valence-corrected chi connectivity index (χ4v) is 3.47. The van der Waals surface area contributed by atoms with Crippen molar-refractivity contribution in [3.05, 3.63) is 36.5 Å². The summed E-state index contributed by atoms with van der Waals surface area (Å²) in [5.41, 5.74) is 2.42. The fraction of sp³-hybridized carbons (Fsp3) is 0.526. The number of pyridine rings is 1. The highest BCUT2D eigenvalue weighted by Gasteiger charge is 2.12. The molecule has 1 aliphatic rings. The third-order valence-electron chi connectivity index (χ3n) is 4.70. The first-order valence-corrected chi connectivity index (χ1v) is 8.69. The summed E-state index contributed by atoms with van der Waals surface area (Å²) in [6.45, 7) is 8.25. The molecule has 1 saturated heterocycles. The van der Waals surface area contributed by atoms with Crippen molar-refractivity contribution in [1.82, 2.24) is 9.88 Å². The first-order valence-electron chi connectivity index (χ1n) is 8.69. The predicted octanol–water partition coefficient (Wildman–Crippen LogP) is 3.94. The lowest BCUT2D eigenvalue weighted by Crippen LogP contribution is -2.33. The first-order chi connectivity index (χ1) is 10.9. The Kier molecular flexibility index (Phi) is 5.28. The molecule has 0 amide bonds. The van der Waals surface area contributed by atoms with E-state index in [-0.39, 0.29) is 0 Å². The number of aromatic nitrogens is 1. The summed E-state index contributed by atoms with van der Waals surface area (Å²) >= 11 is 0. The zero-order valence-electron chi connectivity index (χ0n) is 13.7. The van der Waals surface area contributed by atoms with Gasteiger partial charge in [0.05, 0.1) is 5.52 Å². The molecule has 1 aromatic heterocycles. The van der Waals surface area contributed by atoms with E-state index in [1.165, 1.54) is 56.4 Å². The third-order valence-corrected chi connectivity index (χ3v) is 4.70. The Morgan fingerprint density at radius 2 is 1.91 bits per heavy atom. The standard InChI is InChI=1S/C19H27N3/c1-2-22(16-8-15-21-13-6-3-7-14-21)19-11-12-20-18-10-5-4-9-17(18)19/h4-5,9-12H,2-3,6-8,13-16H2,1H3. The van der Waals surface area contributed by atoms with Gasteiger partial charge in [-0.2, -0.15) is 0 Å². The molecular formula is C19H27N3. The summed E-state index contributed by atoms with van der Waals surface area (Å²) in [4.78, 5) is 9.60. The van der Waals surface area contributed by atoms with Crippen LogP contribution in [0.2, 0.25) is 0 Å². The summed E-state index contributed by atoms with van der Waals surface area (Å²) < 4.78 is 0. The zero-order chi connectivity index (χ0) is 15.2. The van der Waals surface area contributed by atoms with E-state index in [1.54, 1.807) is 0 Å². The van der Waals surface area contributed by atoms with Crippen molar-refractivity contribution < 1.29 is 0 Å². The largest absolute Gasteiger partial charge is 0.371 e. The topological polar surface area (TPSA) is 19.4 Å². The Morgan fingerprint density at radius 3 is 2.73 bits per heavy atom. The lowest BCUT2D eigenvalue weighted by atomic mass is 10.1. The second-order valence-corrected chi connectivity index (χ2v) is 6.18. The third kappa shape index (κ3) is 3.58. The minimum Gasteiger partial charge on any atom is -0.371 e. The molecular weight excluding hydrogens is 270 g/mol. The van der Waals surface area contributed by atoms with E-state index in [2.05, 4.69) is 52.0 Å². The molecule has 0 bridgehead atoms. The monoisotopic (exact) mass is 297 g/mol. The van der Waals surface area contributed by atoms with Crippen LogP contribution in [0.15, 0.2) is 36.5 Å². The van der Waals surface area contributed by atoms with Crippen LogP contribution in [0.25, 0.3) is 10.9 Å². The van der Waals surface area contributed by atoms with Gasteiger partial charge >= 0.3 is 0 Å². The Labute approximate surface area is 133 Å². The number of rotatable bonds is 6. The van der Waals surface area contributed by atoms with Gasteiger partial charge < -0.3 is 9.80 Å². The van der Waals surface area contributed by atoms with E-state index >= 15 is 0 Å². The molecule has 0 radical (unpaired) electrons. The van der Waals surface area contributed by atoms with E-state index in [0.717, 1.165) is 18.6 Å². The molecule has 3 nitrogen and oxygen atoms in total. The van der Waals surface area contributed by atoms with Crippen LogP contribution in [0.4, 0.5) is 5.69 Å². The van der Waals surface area contributed by atoms with Crippen molar-refractivity contribution in [3.8, 4) is 0 Å². The number of anilines is 1. The van der Waals surface area contributed by atoms with Gasteiger partial charge in [0.25, 0.3) is 0 Å². The van der Waals surface area contributed by atoms with Crippen molar-refractivity contribution in [2.45, 2.75) is 32.6 Å². The quantitative estimate of drug-likeness (QED) is 0.805. The number of fused-ring (bicyclic) bond motifs is 1. The van der Waals surface area contributed by atoms with Gasteiger partial charge in [-0.1, -0.05) is 24.6 Å². The Morgan fingerprint density at radius 1 is 1.09 bits per heavy atom. The number of hydrogen-bond acceptors (Lipinski definition) is 3. The molecule has 2 aromatic rings. The molecule has 0 saturated carbocycles. The summed E-state index contributed by atoms with van der Waals surface area (Å²) in [5, 5.41) is 1.27. The molecule has 0 atom stereocenters. The zero-order valence-corrected chi connectivity index (χ0v) is 13.7. The maximum absolute atomic E-state index is 4.48.